The van der Waals surface area contributed by atoms with Gasteiger partial charge in [-0.15, -0.1) is 11.3 Å². The smallest absolute Gasteiger partial charge is 0.191 e. The molecule has 0 amide bonds. The number of hydrogen-bond donors (Lipinski definition) is 4. The lowest BCUT2D eigenvalue weighted by atomic mass is 10.1. The van der Waals surface area contributed by atoms with Crippen LogP contribution in [0, 0.1) is 0 Å². The lowest BCUT2D eigenvalue weighted by Gasteiger charge is -2.13. The fourth-order valence-corrected chi connectivity index (χ4v) is 4.02. The lowest BCUT2D eigenvalue weighted by Crippen LogP contribution is -2.38. The van der Waals surface area contributed by atoms with Crippen molar-refractivity contribution in [1.82, 2.24) is 10.6 Å². The zero-order chi connectivity index (χ0) is 20.6. The van der Waals surface area contributed by atoms with Gasteiger partial charge >= 0.3 is 0 Å². The Balaban J connectivity index is 1.57. The molecule has 0 bridgehead atoms. The Morgan fingerprint density at radius 2 is 2.00 bits per heavy atom. The molecule has 29 heavy (non-hydrogen) atoms. The van der Waals surface area contributed by atoms with Crippen LogP contribution in [-0.4, -0.2) is 42.9 Å². The van der Waals surface area contributed by atoms with E-state index < -0.39 is 6.10 Å². The SMILES string of the molecule is CCNC(=NCC(O)c1cc2ccccc2s1)NCCc1ccc(O)c(OC)c1. The number of rotatable bonds is 8. The number of fused-ring (bicyclic) bond motifs is 1. The van der Waals surface area contributed by atoms with Crippen molar-refractivity contribution in [1.29, 1.82) is 0 Å². The van der Waals surface area contributed by atoms with Crippen LogP contribution in [0.1, 0.15) is 23.5 Å². The molecule has 0 aliphatic carbocycles. The predicted octanol–water partition coefficient (Wildman–Crippen LogP) is 3.45. The summed E-state index contributed by atoms with van der Waals surface area (Å²) in [5, 5.41) is 27.9. The number of benzene rings is 2. The molecule has 0 fully saturated rings. The van der Waals surface area contributed by atoms with Gasteiger partial charge in [-0.05, 0) is 48.6 Å². The summed E-state index contributed by atoms with van der Waals surface area (Å²) in [6, 6.07) is 15.5. The van der Waals surface area contributed by atoms with Crippen molar-refractivity contribution >= 4 is 27.4 Å². The van der Waals surface area contributed by atoms with Crippen LogP contribution in [0.4, 0.5) is 0 Å². The van der Waals surface area contributed by atoms with Gasteiger partial charge in [-0.25, -0.2) is 0 Å². The molecule has 2 aromatic carbocycles. The van der Waals surface area contributed by atoms with Crippen LogP contribution in [0.5, 0.6) is 11.5 Å². The molecule has 0 radical (unpaired) electrons. The van der Waals surface area contributed by atoms with Gasteiger partial charge < -0.3 is 25.6 Å². The molecule has 154 valence electrons. The molecular weight excluding hydrogens is 386 g/mol. The van der Waals surface area contributed by atoms with Crippen LogP contribution in [0.15, 0.2) is 53.5 Å². The molecule has 0 aliphatic rings. The quantitative estimate of drug-likeness (QED) is 0.336. The molecule has 1 aromatic heterocycles. The van der Waals surface area contributed by atoms with Crippen molar-refractivity contribution in [2.45, 2.75) is 19.4 Å². The molecule has 1 heterocycles. The van der Waals surface area contributed by atoms with Gasteiger partial charge in [0.15, 0.2) is 17.5 Å². The minimum Gasteiger partial charge on any atom is -0.504 e. The summed E-state index contributed by atoms with van der Waals surface area (Å²) in [5.41, 5.74) is 1.05. The van der Waals surface area contributed by atoms with E-state index in [1.165, 1.54) is 11.8 Å². The highest BCUT2D eigenvalue weighted by Crippen LogP contribution is 2.30. The zero-order valence-electron chi connectivity index (χ0n) is 16.7. The number of phenolic OH excluding ortho intramolecular Hbond substituents is 1. The van der Waals surface area contributed by atoms with E-state index in [0.717, 1.165) is 28.8 Å². The molecule has 0 saturated heterocycles. The number of aliphatic hydroxyl groups excluding tert-OH is 1. The summed E-state index contributed by atoms with van der Waals surface area (Å²) in [6.45, 7) is 3.69. The second-order valence-electron chi connectivity index (χ2n) is 6.60. The van der Waals surface area contributed by atoms with Gasteiger partial charge in [0.25, 0.3) is 0 Å². The maximum absolute atomic E-state index is 10.5. The van der Waals surface area contributed by atoms with E-state index in [-0.39, 0.29) is 12.3 Å². The molecule has 0 saturated carbocycles. The minimum absolute atomic E-state index is 0.134. The Bertz CT molecular complexity index is 938. The number of aromatic hydroxyl groups is 1. The average Bonchev–Trinajstić information content (AvgIpc) is 3.17. The Labute approximate surface area is 174 Å². The van der Waals surface area contributed by atoms with E-state index in [4.69, 9.17) is 4.74 Å². The van der Waals surface area contributed by atoms with Crippen LogP contribution in [-0.2, 0) is 6.42 Å². The van der Waals surface area contributed by atoms with Crippen molar-refractivity contribution in [2.75, 3.05) is 26.7 Å². The van der Waals surface area contributed by atoms with Crippen molar-refractivity contribution < 1.29 is 14.9 Å². The standard InChI is InChI=1S/C22H27N3O3S/c1-3-23-22(24-11-10-15-8-9-17(26)19(12-15)28-2)25-14-18(27)21-13-16-6-4-5-7-20(16)29-21/h4-9,12-13,18,26-27H,3,10-11,14H2,1-2H3,(H2,23,24,25). The first-order valence-electron chi connectivity index (χ1n) is 9.65. The fourth-order valence-electron chi connectivity index (χ4n) is 2.98. The normalized spacial score (nSPS) is 12.7. The molecular formula is C22H27N3O3S. The van der Waals surface area contributed by atoms with Gasteiger partial charge in [0.2, 0.25) is 0 Å². The molecule has 1 unspecified atom stereocenters. The molecule has 1 atom stereocenters. The number of nitrogens with one attached hydrogen (secondary N) is 2. The molecule has 0 spiro atoms. The number of thiophene rings is 1. The lowest BCUT2D eigenvalue weighted by molar-refractivity contribution is 0.191. The van der Waals surface area contributed by atoms with E-state index in [9.17, 15) is 10.2 Å². The number of phenols is 1. The summed E-state index contributed by atoms with van der Waals surface area (Å²) < 4.78 is 6.31. The first-order chi connectivity index (χ1) is 14.1. The van der Waals surface area contributed by atoms with E-state index in [1.807, 2.05) is 37.3 Å². The van der Waals surface area contributed by atoms with Crippen LogP contribution in [0.3, 0.4) is 0 Å². The average molecular weight is 414 g/mol. The first-order valence-corrected chi connectivity index (χ1v) is 10.5. The van der Waals surface area contributed by atoms with Crippen molar-refractivity contribution in [3.05, 3.63) is 59.0 Å². The minimum atomic E-state index is -0.635. The first kappa shape index (κ1) is 21.0. The van der Waals surface area contributed by atoms with Crippen LogP contribution < -0.4 is 15.4 Å². The summed E-state index contributed by atoms with van der Waals surface area (Å²) in [6.07, 6.45) is 0.115. The number of aliphatic imine (C=N–C) groups is 1. The highest BCUT2D eigenvalue weighted by atomic mass is 32.1. The van der Waals surface area contributed by atoms with Crippen LogP contribution in [0.25, 0.3) is 10.1 Å². The molecule has 0 aliphatic heterocycles. The maximum Gasteiger partial charge on any atom is 0.191 e. The van der Waals surface area contributed by atoms with Crippen molar-refractivity contribution in [2.24, 2.45) is 4.99 Å². The van der Waals surface area contributed by atoms with E-state index in [0.29, 0.717) is 18.3 Å². The zero-order valence-corrected chi connectivity index (χ0v) is 17.5. The molecule has 6 nitrogen and oxygen atoms in total. The number of ether oxygens (including phenoxy) is 1. The summed E-state index contributed by atoms with van der Waals surface area (Å²) in [5.74, 6) is 1.27. The number of guanidine groups is 1. The third kappa shape index (κ3) is 5.62. The Morgan fingerprint density at radius 3 is 2.76 bits per heavy atom. The van der Waals surface area contributed by atoms with E-state index >= 15 is 0 Å². The summed E-state index contributed by atoms with van der Waals surface area (Å²) >= 11 is 1.60. The summed E-state index contributed by atoms with van der Waals surface area (Å²) in [4.78, 5) is 5.44. The molecule has 4 N–H and O–H groups in total. The number of nitrogens with zero attached hydrogens (tertiary/aromatic N) is 1. The number of aliphatic hydroxyl groups is 1. The predicted molar refractivity (Wildman–Crippen MR) is 119 cm³/mol. The van der Waals surface area contributed by atoms with Crippen molar-refractivity contribution in [3.63, 3.8) is 0 Å². The highest BCUT2D eigenvalue weighted by Gasteiger charge is 2.11. The van der Waals surface area contributed by atoms with Crippen LogP contribution >= 0.6 is 11.3 Å². The van der Waals surface area contributed by atoms with Gasteiger partial charge in [-0.2, -0.15) is 0 Å². The second kappa shape index (κ2) is 10.1. The van der Waals surface area contributed by atoms with Gasteiger partial charge in [0, 0.05) is 22.7 Å². The Morgan fingerprint density at radius 1 is 1.17 bits per heavy atom. The van der Waals surface area contributed by atoms with Gasteiger partial charge in [0.05, 0.1) is 13.7 Å². The number of hydrogen-bond acceptors (Lipinski definition) is 5. The maximum atomic E-state index is 10.5. The molecule has 7 heteroatoms. The largest absolute Gasteiger partial charge is 0.504 e. The van der Waals surface area contributed by atoms with Gasteiger partial charge in [0.1, 0.15) is 6.10 Å². The summed E-state index contributed by atoms with van der Waals surface area (Å²) in [7, 11) is 1.54. The third-order valence-electron chi connectivity index (χ3n) is 4.49. The number of methoxy groups -OCH3 is 1. The monoisotopic (exact) mass is 413 g/mol. The topological polar surface area (TPSA) is 86.1 Å². The second-order valence-corrected chi connectivity index (χ2v) is 7.72. The van der Waals surface area contributed by atoms with E-state index in [2.05, 4.69) is 27.8 Å². The van der Waals surface area contributed by atoms with Crippen LogP contribution in [0.2, 0.25) is 0 Å². The Hall–Kier alpha value is -2.77. The van der Waals surface area contributed by atoms with E-state index in [1.54, 1.807) is 17.4 Å². The highest BCUT2D eigenvalue weighted by molar-refractivity contribution is 7.19. The molecule has 3 rings (SSSR count). The van der Waals surface area contributed by atoms with Gasteiger partial charge in [-0.3, -0.25) is 4.99 Å². The molecule has 3 aromatic rings. The van der Waals surface area contributed by atoms with Gasteiger partial charge in [-0.1, -0.05) is 24.3 Å². The van der Waals surface area contributed by atoms with Crippen molar-refractivity contribution in [3.8, 4) is 11.5 Å². The Kier molecular flexibility index (Phi) is 7.32. The third-order valence-corrected chi connectivity index (χ3v) is 5.71. The fraction of sp³-hybridized carbons (Fsp3) is 0.318.